The maximum atomic E-state index is 12.7. The van der Waals surface area contributed by atoms with E-state index in [0.29, 0.717) is 39.0 Å². The zero-order chi connectivity index (χ0) is 31.8. The first kappa shape index (κ1) is 29.5. The molecule has 0 aromatic heterocycles. The highest BCUT2D eigenvalue weighted by Gasteiger charge is 2.36. The second kappa shape index (κ2) is 11.0. The molecule has 0 spiro atoms. The highest BCUT2D eigenvalue weighted by atomic mass is 19.4. The first-order chi connectivity index (χ1) is 20.9. The van der Waals surface area contributed by atoms with Crippen LogP contribution in [-0.2, 0) is 0 Å². The van der Waals surface area contributed by atoms with Crippen LogP contribution in [0.15, 0.2) is 83.5 Å². The lowest BCUT2D eigenvalue weighted by Crippen LogP contribution is -2.17. The number of ether oxygens (including phenoxy) is 2. The molecule has 12 heteroatoms. The van der Waals surface area contributed by atoms with Gasteiger partial charge in [0.15, 0.2) is 0 Å². The standard InChI is InChI=1S/C32H14F6N4O2/c33-31(34,35)43-22-5-1-17(2-6-22)24-11-26-27-12-25(18-3-7-23(8-4-18)44-32(36,37)38)20(14-40)10-29(27)30(21(15-41)16-42)28(26)9-19(24)13-39/h1-11,25H,12H2. The number of rotatable bonds is 4. The van der Waals surface area contributed by atoms with Crippen LogP contribution in [0.5, 0.6) is 11.5 Å². The van der Waals surface area contributed by atoms with Crippen molar-refractivity contribution in [2.24, 2.45) is 0 Å². The van der Waals surface area contributed by atoms with Crippen LogP contribution in [-0.4, -0.2) is 12.7 Å². The van der Waals surface area contributed by atoms with Crippen LogP contribution in [0.4, 0.5) is 26.3 Å². The maximum absolute atomic E-state index is 12.7. The third kappa shape index (κ3) is 5.70. The fourth-order valence-corrected chi connectivity index (χ4v) is 5.33. The third-order valence-corrected chi connectivity index (χ3v) is 7.07. The van der Waals surface area contributed by atoms with Gasteiger partial charge in [-0.15, -0.1) is 26.3 Å². The molecule has 2 aliphatic carbocycles. The summed E-state index contributed by atoms with van der Waals surface area (Å²) in [6, 6.07) is 20.9. The summed E-state index contributed by atoms with van der Waals surface area (Å²) in [6.45, 7) is 0. The fraction of sp³-hybridized carbons (Fsp3) is 0.125. The first-order valence-electron chi connectivity index (χ1n) is 12.6. The Labute approximate surface area is 245 Å². The number of nitrogens with zero attached hydrogens (tertiary/aromatic N) is 4. The second-order valence-corrected chi connectivity index (χ2v) is 9.58. The van der Waals surface area contributed by atoms with Gasteiger partial charge in [-0.1, -0.05) is 24.3 Å². The molecule has 3 aromatic rings. The van der Waals surface area contributed by atoms with Gasteiger partial charge in [0.05, 0.1) is 17.7 Å². The molecule has 0 bridgehead atoms. The van der Waals surface area contributed by atoms with Crippen LogP contribution >= 0.6 is 0 Å². The molecule has 1 atom stereocenters. The van der Waals surface area contributed by atoms with Gasteiger partial charge in [0.1, 0.15) is 29.2 Å². The van der Waals surface area contributed by atoms with Gasteiger partial charge in [0, 0.05) is 22.6 Å². The Morgan fingerprint density at radius 3 is 1.77 bits per heavy atom. The molecule has 0 amide bonds. The Balaban J connectivity index is 1.64. The summed E-state index contributed by atoms with van der Waals surface area (Å²) in [5, 5.41) is 39.4. The van der Waals surface area contributed by atoms with Crippen LogP contribution in [0.2, 0.25) is 0 Å². The molecular formula is C32H14F6N4O2. The van der Waals surface area contributed by atoms with Gasteiger partial charge in [-0.25, -0.2) is 0 Å². The van der Waals surface area contributed by atoms with Crippen LogP contribution in [0.1, 0.15) is 34.6 Å². The molecule has 0 N–H and O–H groups in total. The van der Waals surface area contributed by atoms with Crippen LogP contribution in [0.3, 0.4) is 0 Å². The molecule has 0 saturated carbocycles. The predicted octanol–water partition coefficient (Wildman–Crippen LogP) is 8.23. The number of halogens is 6. The molecule has 216 valence electrons. The topological polar surface area (TPSA) is 114 Å². The van der Waals surface area contributed by atoms with E-state index >= 15 is 0 Å². The Morgan fingerprint density at radius 1 is 0.705 bits per heavy atom. The summed E-state index contributed by atoms with van der Waals surface area (Å²) in [5.41, 5.74) is 3.49. The molecular weight excluding hydrogens is 586 g/mol. The van der Waals surface area contributed by atoms with Crippen molar-refractivity contribution in [3.05, 3.63) is 106 Å². The van der Waals surface area contributed by atoms with Gasteiger partial charge in [-0.3, -0.25) is 0 Å². The minimum atomic E-state index is -4.89. The van der Waals surface area contributed by atoms with E-state index in [-0.39, 0.29) is 28.7 Å². The van der Waals surface area contributed by atoms with Gasteiger partial charge in [-0.2, -0.15) is 21.0 Å². The van der Waals surface area contributed by atoms with Gasteiger partial charge in [-0.05, 0) is 82.3 Å². The van der Waals surface area contributed by atoms with Crippen molar-refractivity contribution in [2.45, 2.75) is 25.1 Å². The van der Waals surface area contributed by atoms with E-state index in [0.717, 1.165) is 24.3 Å². The monoisotopic (exact) mass is 600 g/mol. The minimum Gasteiger partial charge on any atom is -0.406 e. The second-order valence-electron chi connectivity index (χ2n) is 9.58. The Bertz CT molecular complexity index is 1930. The van der Waals surface area contributed by atoms with E-state index in [1.165, 1.54) is 36.4 Å². The fourth-order valence-electron chi connectivity index (χ4n) is 5.33. The number of fused-ring (bicyclic) bond motifs is 2. The Hall–Kier alpha value is -5.98. The molecule has 0 heterocycles. The summed E-state index contributed by atoms with van der Waals surface area (Å²) in [7, 11) is 0. The molecule has 3 aromatic carbocycles. The summed E-state index contributed by atoms with van der Waals surface area (Å²) >= 11 is 0. The zero-order valence-corrected chi connectivity index (χ0v) is 22.0. The van der Waals surface area contributed by atoms with Crippen LogP contribution in [0, 0.1) is 45.3 Å². The smallest absolute Gasteiger partial charge is 0.406 e. The highest BCUT2D eigenvalue weighted by Crippen LogP contribution is 2.53. The molecule has 1 unspecified atom stereocenters. The average molecular weight is 600 g/mol. The maximum Gasteiger partial charge on any atom is 0.573 e. The summed E-state index contributed by atoms with van der Waals surface area (Å²) in [4.78, 5) is 0. The van der Waals surface area contributed by atoms with Crippen LogP contribution < -0.4 is 9.47 Å². The largest absolute Gasteiger partial charge is 0.573 e. The number of alkyl halides is 6. The third-order valence-electron chi connectivity index (χ3n) is 7.07. The van der Waals surface area contributed by atoms with E-state index in [4.69, 9.17) is 0 Å². The summed E-state index contributed by atoms with van der Waals surface area (Å²) < 4.78 is 83.8. The lowest BCUT2D eigenvalue weighted by Gasteiger charge is -2.23. The number of benzene rings is 3. The van der Waals surface area contributed by atoms with E-state index in [1.54, 1.807) is 6.07 Å². The van der Waals surface area contributed by atoms with E-state index in [2.05, 4.69) is 21.6 Å². The zero-order valence-electron chi connectivity index (χ0n) is 22.0. The Kier molecular flexibility index (Phi) is 7.39. The Morgan fingerprint density at radius 2 is 1.27 bits per heavy atom. The van der Waals surface area contributed by atoms with E-state index < -0.39 is 30.1 Å². The first-order valence-corrected chi connectivity index (χ1v) is 12.6. The summed E-state index contributed by atoms with van der Waals surface area (Å²) in [5.74, 6) is -1.51. The molecule has 0 radical (unpaired) electrons. The lowest BCUT2D eigenvalue weighted by molar-refractivity contribution is -0.275. The van der Waals surface area contributed by atoms with Crippen molar-refractivity contribution < 1.29 is 35.8 Å². The van der Waals surface area contributed by atoms with Gasteiger partial charge >= 0.3 is 12.7 Å². The van der Waals surface area contributed by atoms with Crippen molar-refractivity contribution in [2.75, 3.05) is 0 Å². The molecule has 44 heavy (non-hydrogen) atoms. The molecule has 5 rings (SSSR count). The lowest BCUT2D eigenvalue weighted by atomic mass is 9.79. The van der Waals surface area contributed by atoms with Crippen molar-refractivity contribution in [1.82, 2.24) is 0 Å². The van der Waals surface area contributed by atoms with Crippen molar-refractivity contribution in [3.63, 3.8) is 0 Å². The van der Waals surface area contributed by atoms with E-state index in [9.17, 15) is 47.4 Å². The molecule has 0 saturated heterocycles. The summed E-state index contributed by atoms with van der Waals surface area (Å²) in [6.07, 6.45) is -8.11. The molecule has 2 aliphatic rings. The number of nitriles is 4. The van der Waals surface area contributed by atoms with Crippen molar-refractivity contribution in [3.8, 4) is 46.9 Å². The number of hydrogen-bond acceptors (Lipinski definition) is 6. The van der Waals surface area contributed by atoms with E-state index in [1.807, 2.05) is 12.1 Å². The number of hydrogen-bond donors (Lipinski definition) is 0. The van der Waals surface area contributed by atoms with Gasteiger partial charge < -0.3 is 9.47 Å². The van der Waals surface area contributed by atoms with Gasteiger partial charge in [0.2, 0.25) is 0 Å². The average Bonchev–Trinajstić information content (AvgIpc) is 3.28. The predicted molar refractivity (Wildman–Crippen MR) is 143 cm³/mol. The molecule has 0 fully saturated rings. The van der Waals surface area contributed by atoms with Crippen molar-refractivity contribution >= 4 is 11.1 Å². The molecule has 6 nitrogen and oxygen atoms in total. The van der Waals surface area contributed by atoms with Crippen molar-refractivity contribution in [1.29, 1.82) is 21.0 Å². The molecule has 0 aliphatic heterocycles. The normalized spacial score (nSPS) is 15.5. The van der Waals surface area contributed by atoms with Gasteiger partial charge in [0.25, 0.3) is 0 Å². The number of allylic oxidation sites excluding steroid dienone is 6. The highest BCUT2D eigenvalue weighted by molar-refractivity contribution is 6.07. The SMILES string of the molecule is N#CC1=CC2=C(CC1c1ccc(OC(F)(F)F)cc1)c1cc(-c3ccc(OC(F)(F)F)cc3)c(C#N)cc1C2=C(C#N)C#N. The van der Waals surface area contributed by atoms with Crippen LogP contribution in [0.25, 0.3) is 22.3 Å². The minimum absolute atomic E-state index is 0.113. The quantitative estimate of drug-likeness (QED) is 0.220.